The van der Waals surface area contributed by atoms with Gasteiger partial charge in [-0.15, -0.1) is 0 Å². The van der Waals surface area contributed by atoms with Gasteiger partial charge in [-0.2, -0.15) is 0 Å². The largest absolute Gasteiger partial charge is 0.467 e. The highest BCUT2D eigenvalue weighted by molar-refractivity contribution is 6.89. The molecule has 0 N–H and O–H groups in total. The van der Waals surface area contributed by atoms with Crippen molar-refractivity contribution in [2.45, 2.75) is 97.2 Å². The zero-order valence-corrected chi connectivity index (χ0v) is 22.2. The van der Waals surface area contributed by atoms with E-state index in [-0.39, 0.29) is 0 Å². The van der Waals surface area contributed by atoms with E-state index < -0.39 is 8.07 Å². The summed E-state index contributed by atoms with van der Waals surface area (Å²) in [7, 11) is 0.199. The van der Waals surface area contributed by atoms with Crippen molar-refractivity contribution < 1.29 is 9.47 Å². The molecule has 0 heterocycles. The molecule has 4 aliphatic rings. The predicted molar refractivity (Wildman–Crippen MR) is 134 cm³/mol. The van der Waals surface area contributed by atoms with Crippen LogP contribution in [0.4, 0.5) is 0 Å². The van der Waals surface area contributed by atoms with Crippen molar-refractivity contribution >= 4 is 13.3 Å². The predicted octanol–water partition coefficient (Wildman–Crippen LogP) is 7.12. The van der Waals surface area contributed by atoms with Gasteiger partial charge in [-0.25, -0.2) is 0 Å². The summed E-state index contributed by atoms with van der Waals surface area (Å²) in [6.07, 6.45) is 9.91. The lowest BCUT2D eigenvalue weighted by atomic mass is 9.48. The number of methoxy groups -OCH3 is 1. The Morgan fingerprint density at radius 1 is 1.03 bits per heavy atom. The smallest absolute Gasteiger partial charge is 0.188 e. The molecule has 31 heavy (non-hydrogen) atoms. The van der Waals surface area contributed by atoms with Crippen molar-refractivity contribution in [2.75, 3.05) is 13.9 Å². The molecule has 3 heteroatoms. The van der Waals surface area contributed by atoms with Gasteiger partial charge in [0.2, 0.25) is 0 Å². The van der Waals surface area contributed by atoms with Crippen molar-refractivity contribution in [3.63, 3.8) is 0 Å². The quantitative estimate of drug-likeness (QED) is 0.315. The zero-order valence-electron chi connectivity index (χ0n) is 21.2. The van der Waals surface area contributed by atoms with Crippen molar-refractivity contribution in [2.24, 2.45) is 29.1 Å². The molecule has 1 atom stereocenters. The molecule has 0 radical (unpaired) electrons. The number of hydrogen-bond donors (Lipinski definition) is 0. The molecule has 5 rings (SSSR count). The minimum absolute atomic E-state index is 0.349. The SMILES string of the molecule is COCOc1ccc([Si](C)(C)CC(C)CC(C)(C)C)cc1C12CC3CC(CC(C3)C1)C2. The second-order valence-corrected chi connectivity index (χ2v) is 18.2. The van der Waals surface area contributed by atoms with Crippen LogP contribution in [0.15, 0.2) is 18.2 Å². The van der Waals surface area contributed by atoms with Crippen molar-refractivity contribution in [3.8, 4) is 5.75 Å². The Balaban J connectivity index is 1.65. The maximum atomic E-state index is 6.18. The standard InChI is InChI=1S/C28H46O2Si/c1-20(14-27(2,3)4)18-31(6,7)24-8-9-26(30-19-29-5)25(13-24)28-15-21-10-22(16-28)12-23(11-21)17-28/h8-9,13,20-23H,10-12,14-19H2,1-7H3. The monoisotopic (exact) mass is 442 g/mol. The molecular formula is C28H46O2Si. The van der Waals surface area contributed by atoms with Crippen LogP contribution in [0.25, 0.3) is 0 Å². The number of benzene rings is 1. The Hall–Kier alpha value is -0.803. The maximum absolute atomic E-state index is 6.18. The van der Waals surface area contributed by atoms with Gasteiger partial charge in [0.15, 0.2) is 6.79 Å². The molecule has 0 aromatic heterocycles. The van der Waals surface area contributed by atoms with E-state index >= 15 is 0 Å². The second-order valence-electron chi connectivity index (χ2n) is 13.4. The molecule has 1 aromatic rings. The summed E-state index contributed by atoms with van der Waals surface area (Å²) in [6, 6.07) is 8.67. The summed E-state index contributed by atoms with van der Waals surface area (Å²) in [5, 5.41) is 1.63. The highest BCUT2D eigenvalue weighted by atomic mass is 28.3. The molecule has 0 amide bonds. The van der Waals surface area contributed by atoms with E-state index in [9.17, 15) is 0 Å². The maximum Gasteiger partial charge on any atom is 0.188 e. The topological polar surface area (TPSA) is 18.5 Å². The van der Waals surface area contributed by atoms with Crippen LogP contribution in [0, 0.1) is 29.1 Å². The summed E-state index contributed by atoms with van der Waals surface area (Å²) in [5.41, 5.74) is 2.30. The number of rotatable bonds is 8. The Labute approximate surface area is 192 Å². The van der Waals surface area contributed by atoms with E-state index in [1.165, 1.54) is 56.6 Å². The van der Waals surface area contributed by atoms with E-state index in [1.807, 2.05) is 0 Å². The highest BCUT2D eigenvalue weighted by Gasteiger charge is 2.52. The Kier molecular flexibility index (Phi) is 6.42. The molecule has 4 fully saturated rings. The van der Waals surface area contributed by atoms with E-state index in [0.717, 1.165) is 29.4 Å². The molecule has 2 nitrogen and oxygen atoms in total. The zero-order chi connectivity index (χ0) is 22.4. The Bertz CT molecular complexity index is 740. The van der Waals surface area contributed by atoms with Crippen molar-refractivity contribution in [1.29, 1.82) is 0 Å². The second kappa shape index (κ2) is 8.52. The molecular weight excluding hydrogens is 396 g/mol. The van der Waals surface area contributed by atoms with Crippen LogP contribution in [0.1, 0.15) is 78.2 Å². The van der Waals surface area contributed by atoms with Gasteiger partial charge in [-0.05, 0) is 85.5 Å². The van der Waals surface area contributed by atoms with Gasteiger partial charge in [0.05, 0.1) is 8.07 Å². The van der Waals surface area contributed by atoms with E-state index in [4.69, 9.17) is 9.47 Å². The Morgan fingerprint density at radius 3 is 2.13 bits per heavy atom. The minimum Gasteiger partial charge on any atom is -0.467 e. The van der Waals surface area contributed by atoms with E-state index in [1.54, 1.807) is 12.3 Å². The first-order valence-electron chi connectivity index (χ1n) is 12.8. The fourth-order valence-electron chi connectivity index (χ4n) is 8.16. The van der Waals surface area contributed by atoms with Gasteiger partial charge in [0.25, 0.3) is 0 Å². The molecule has 0 aliphatic heterocycles. The molecule has 0 spiro atoms. The van der Waals surface area contributed by atoms with Crippen LogP contribution in [0.5, 0.6) is 5.75 Å². The lowest BCUT2D eigenvalue weighted by Crippen LogP contribution is -2.50. The fourth-order valence-corrected chi connectivity index (χ4v) is 11.4. The van der Waals surface area contributed by atoms with Crippen LogP contribution >= 0.6 is 0 Å². The van der Waals surface area contributed by atoms with E-state index in [0.29, 0.717) is 17.6 Å². The fraction of sp³-hybridized carbons (Fsp3) is 0.786. The van der Waals surface area contributed by atoms with Crippen LogP contribution < -0.4 is 9.92 Å². The molecule has 4 aliphatic carbocycles. The molecule has 174 valence electrons. The van der Waals surface area contributed by atoms with Crippen LogP contribution in [-0.4, -0.2) is 22.0 Å². The molecule has 1 unspecified atom stereocenters. The third-order valence-electron chi connectivity index (χ3n) is 8.52. The minimum atomic E-state index is -1.53. The van der Waals surface area contributed by atoms with Gasteiger partial charge in [0.1, 0.15) is 5.75 Å². The average molecular weight is 443 g/mol. The number of ether oxygens (including phenoxy) is 2. The molecule has 0 saturated heterocycles. The van der Waals surface area contributed by atoms with Crippen molar-refractivity contribution in [3.05, 3.63) is 23.8 Å². The van der Waals surface area contributed by atoms with Gasteiger partial charge in [-0.1, -0.05) is 64.2 Å². The lowest BCUT2D eigenvalue weighted by Gasteiger charge is -2.57. The summed E-state index contributed by atoms with van der Waals surface area (Å²) >= 11 is 0. The van der Waals surface area contributed by atoms with Crippen LogP contribution in [0.2, 0.25) is 19.1 Å². The van der Waals surface area contributed by atoms with Gasteiger partial charge in [-0.3, -0.25) is 0 Å². The third kappa shape index (κ3) is 5.08. The average Bonchev–Trinajstić information content (AvgIpc) is 2.63. The van der Waals surface area contributed by atoms with E-state index in [2.05, 4.69) is 59.0 Å². The molecule has 1 aromatic carbocycles. The van der Waals surface area contributed by atoms with Gasteiger partial charge in [0, 0.05) is 12.7 Å². The molecule has 4 saturated carbocycles. The van der Waals surface area contributed by atoms with Crippen LogP contribution in [-0.2, 0) is 10.2 Å². The summed E-state index contributed by atoms with van der Waals surface area (Å²) in [4.78, 5) is 0. The van der Waals surface area contributed by atoms with Crippen LogP contribution in [0.3, 0.4) is 0 Å². The first-order chi connectivity index (χ1) is 14.5. The van der Waals surface area contributed by atoms with Gasteiger partial charge < -0.3 is 9.47 Å². The first kappa shape index (κ1) is 23.4. The summed E-state index contributed by atoms with van der Waals surface area (Å²) in [6.45, 7) is 15.1. The number of hydrogen-bond acceptors (Lipinski definition) is 2. The lowest BCUT2D eigenvalue weighted by molar-refractivity contribution is -0.00878. The third-order valence-corrected chi connectivity index (χ3v) is 12.1. The Morgan fingerprint density at radius 2 is 1.61 bits per heavy atom. The normalized spacial score (nSPS) is 31.1. The van der Waals surface area contributed by atoms with Gasteiger partial charge >= 0.3 is 0 Å². The molecule has 4 bridgehead atoms. The summed E-state index contributed by atoms with van der Waals surface area (Å²) in [5.74, 6) is 4.71. The first-order valence-corrected chi connectivity index (χ1v) is 16.0. The highest BCUT2D eigenvalue weighted by Crippen LogP contribution is 2.61. The summed E-state index contributed by atoms with van der Waals surface area (Å²) < 4.78 is 11.5. The van der Waals surface area contributed by atoms with Crippen molar-refractivity contribution in [1.82, 2.24) is 0 Å².